The second kappa shape index (κ2) is 10.2. The van der Waals surface area contributed by atoms with Gasteiger partial charge in [-0.1, -0.05) is 0 Å². The molecule has 0 unspecified atom stereocenters. The Morgan fingerprint density at radius 3 is 2.58 bits per heavy atom. The number of rotatable bonds is 7. The van der Waals surface area contributed by atoms with Crippen molar-refractivity contribution in [3.05, 3.63) is 35.3 Å². The van der Waals surface area contributed by atoms with Gasteiger partial charge in [0.15, 0.2) is 0 Å². The molecule has 0 atom stereocenters. The summed E-state index contributed by atoms with van der Waals surface area (Å²) in [6.45, 7) is 10.0. The molecule has 0 spiro atoms. The quantitative estimate of drug-likeness (QED) is 0.590. The standard InChI is InChI=1S/C25H33N5O6/c1-5-35-23-18(6-7-20(27-23)29-10-8-28(9-11-29)16(2)32)26-22(33)17-15-36-19-14-25(3,4)30(12-13-31)24(34)21(17)19/h6-7,15,31H,5,8-14H2,1-4H3,(H,26,33). The number of ether oxygens (including phenoxy) is 1. The molecule has 3 amide bonds. The van der Waals surface area contributed by atoms with Gasteiger partial charge in [0.25, 0.3) is 11.8 Å². The molecule has 2 aromatic rings. The van der Waals surface area contributed by atoms with Gasteiger partial charge in [-0.3, -0.25) is 14.4 Å². The molecule has 11 heteroatoms. The SMILES string of the molecule is CCOc1nc(N2CCN(C(C)=O)CC2)ccc1NC(=O)c1coc2c1C(=O)N(CCO)C(C)(C)C2. The van der Waals surface area contributed by atoms with E-state index in [-0.39, 0.29) is 42.0 Å². The van der Waals surface area contributed by atoms with E-state index in [9.17, 15) is 19.5 Å². The number of amides is 3. The third-order valence-corrected chi connectivity index (χ3v) is 6.64. The summed E-state index contributed by atoms with van der Waals surface area (Å²) in [6, 6.07) is 3.52. The first-order chi connectivity index (χ1) is 17.2. The molecule has 4 rings (SSSR count). The number of aromatic nitrogens is 1. The van der Waals surface area contributed by atoms with Crippen LogP contribution in [0.3, 0.4) is 0 Å². The molecule has 194 valence electrons. The molecular weight excluding hydrogens is 466 g/mol. The van der Waals surface area contributed by atoms with Crippen LogP contribution in [0.5, 0.6) is 5.88 Å². The number of β-amino-alcohol motifs (C(OH)–C–C–N with tert-alkyl or cyclic N) is 1. The van der Waals surface area contributed by atoms with Crippen molar-refractivity contribution >= 4 is 29.2 Å². The van der Waals surface area contributed by atoms with E-state index in [4.69, 9.17) is 9.15 Å². The molecule has 2 aliphatic heterocycles. The van der Waals surface area contributed by atoms with E-state index >= 15 is 0 Å². The molecule has 2 N–H and O–H groups in total. The number of aliphatic hydroxyl groups is 1. The Hall–Kier alpha value is -3.60. The molecule has 4 heterocycles. The molecule has 36 heavy (non-hydrogen) atoms. The van der Waals surface area contributed by atoms with Crippen molar-refractivity contribution in [1.29, 1.82) is 0 Å². The maximum atomic E-state index is 13.2. The number of anilines is 2. The predicted octanol–water partition coefficient (Wildman–Crippen LogP) is 1.76. The summed E-state index contributed by atoms with van der Waals surface area (Å²) in [5.41, 5.74) is 0.168. The molecule has 0 aliphatic carbocycles. The van der Waals surface area contributed by atoms with Gasteiger partial charge in [0, 0.05) is 51.6 Å². The highest BCUT2D eigenvalue weighted by molar-refractivity contribution is 6.13. The van der Waals surface area contributed by atoms with Crippen LogP contribution in [0.2, 0.25) is 0 Å². The summed E-state index contributed by atoms with van der Waals surface area (Å²) >= 11 is 0. The highest BCUT2D eigenvalue weighted by Gasteiger charge is 2.42. The average molecular weight is 500 g/mol. The lowest BCUT2D eigenvalue weighted by molar-refractivity contribution is -0.129. The van der Waals surface area contributed by atoms with Crippen molar-refractivity contribution in [3.8, 4) is 5.88 Å². The normalized spacial score (nSPS) is 17.1. The highest BCUT2D eigenvalue weighted by Crippen LogP contribution is 2.34. The summed E-state index contributed by atoms with van der Waals surface area (Å²) in [5, 5.41) is 12.2. The van der Waals surface area contributed by atoms with Gasteiger partial charge < -0.3 is 34.3 Å². The third kappa shape index (κ3) is 4.88. The molecule has 1 saturated heterocycles. The first-order valence-corrected chi connectivity index (χ1v) is 12.1. The maximum Gasteiger partial charge on any atom is 0.259 e. The number of fused-ring (bicyclic) bond motifs is 1. The van der Waals surface area contributed by atoms with Crippen LogP contribution in [0.15, 0.2) is 22.8 Å². The Balaban J connectivity index is 1.55. The van der Waals surface area contributed by atoms with E-state index in [1.54, 1.807) is 28.9 Å². The number of aliphatic hydroxyl groups excluding tert-OH is 1. The number of hydrogen-bond donors (Lipinski definition) is 2. The molecular formula is C25H33N5O6. The van der Waals surface area contributed by atoms with Gasteiger partial charge in [-0.25, -0.2) is 0 Å². The Morgan fingerprint density at radius 1 is 1.22 bits per heavy atom. The second-order valence-electron chi connectivity index (χ2n) is 9.52. The predicted molar refractivity (Wildman–Crippen MR) is 132 cm³/mol. The fourth-order valence-electron chi connectivity index (χ4n) is 4.72. The van der Waals surface area contributed by atoms with E-state index in [1.807, 2.05) is 20.8 Å². The maximum absolute atomic E-state index is 13.2. The Kier molecular flexibility index (Phi) is 7.21. The van der Waals surface area contributed by atoms with Crippen LogP contribution in [-0.2, 0) is 11.2 Å². The molecule has 2 aromatic heterocycles. The van der Waals surface area contributed by atoms with Crippen LogP contribution in [0.4, 0.5) is 11.5 Å². The summed E-state index contributed by atoms with van der Waals surface area (Å²) in [5.74, 6) is 0.604. The van der Waals surface area contributed by atoms with Crippen molar-refractivity contribution < 1.29 is 28.6 Å². The Morgan fingerprint density at radius 2 is 1.94 bits per heavy atom. The van der Waals surface area contributed by atoms with Crippen molar-refractivity contribution in [3.63, 3.8) is 0 Å². The molecule has 0 radical (unpaired) electrons. The third-order valence-electron chi connectivity index (χ3n) is 6.64. The smallest absolute Gasteiger partial charge is 0.259 e. The van der Waals surface area contributed by atoms with Crippen molar-refractivity contribution in [2.45, 2.75) is 39.7 Å². The molecule has 0 aromatic carbocycles. The van der Waals surface area contributed by atoms with Crippen molar-refractivity contribution in [2.75, 3.05) is 56.2 Å². The van der Waals surface area contributed by atoms with Crippen molar-refractivity contribution in [1.82, 2.24) is 14.8 Å². The molecule has 0 saturated carbocycles. The summed E-state index contributed by atoms with van der Waals surface area (Å²) in [4.78, 5) is 48.1. The largest absolute Gasteiger partial charge is 0.476 e. The second-order valence-corrected chi connectivity index (χ2v) is 9.52. The molecule has 11 nitrogen and oxygen atoms in total. The van der Waals surface area contributed by atoms with Crippen LogP contribution in [-0.4, -0.2) is 89.1 Å². The highest BCUT2D eigenvalue weighted by atomic mass is 16.5. The minimum absolute atomic E-state index is 0.0543. The minimum atomic E-state index is -0.545. The van der Waals surface area contributed by atoms with Crippen molar-refractivity contribution in [2.24, 2.45) is 0 Å². The van der Waals surface area contributed by atoms with Crippen LogP contribution >= 0.6 is 0 Å². The van der Waals surface area contributed by atoms with E-state index in [0.717, 1.165) is 0 Å². The minimum Gasteiger partial charge on any atom is -0.476 e. The van der Waals surface area contributed by atoms with E-state index in [1.165, 1.54) is 6.26 Å². The number of pyridine rings is 1. The van der Waals surface area contributed by atoms with Crippen LogP contribution in [0.25, 0.3) is 0 Å². The zero-order valence-corrected chi connectivity index (χ0v) is 21.2. The number of nitrogens with one attached hydrogen (secondary N) is 1. The topological polar surface area (TPSA) is 128 Å². The van der Waals surface area contributed by atoms with E-state index < -0.39 is 11.4 Å². The Labute approximate surface area is 210 Å². The van der Waals surface area contributed by atoms with Crippen LogP contribution in [0, 0.1) is 0 Å². The number of carbonyl (C=O) groups excluding carboxylic acids is 3. The zero-order valence-electron chi connectivity index (χ0n) is 21.2. The fourth-order valence-corrected chi connectivity index (χ4v) is 4.72. The lowest BCUT2D eigenvalue weighted by atomic mass is 9.88. The van der Waals surface area contributed by atoms with E-state index in [2.05, 4.69) is 15.2 Å². The van der Waals surface area contributed by atoms with Gasteiger partial charge in [-0.2, -0.15) is 4.98 Å². The van der Waals surface area contributed by atoms with Crippen LogP contribution < -0.4 is 15.0 Å². The van der Waals surface area contributed by atoms with Gasteiger partial charge in [-0.05, 0) is 32.9 Å². The average Bonchev–Trinajstić information content (AvgIpc) is 3.26. The molecule has 1 fully saturated rings. The molecule has 0 bridgehead atoms. The summed E-state index contributed by atoms with van der Waals surface area (Å²) in [7, 11) is 0. The number of furan rings is 1. The van der Waals surface area contributed by atoms with Gasteiger partial charge in [-0.15, -0.1) is 0 Å². The number of nitrogens with zero attached hydrogens (tertiary/aromatic N) is 4. The number of piperazine rings is 1. The monoisotopic (exact) mass is 499 g/mol. The Bertz CT molecular complexity index is 1150. The first-order valence-electron chi connectivity index (χ1n) is 12.1. The lowest BCUT2D eigenvalue weighted by Crippen LogP contribution is -2.53. The number of hydrogen-bond acceptors (Lipinski definition) is 8. The fraction of sp³-hybridized carbons (Fsp3) is 0.520. The zero-order chi connectivity index (χ0) is 26.0. The van der Waals surface area contributed by atoms with Gasteiger partial charge in [0.2, 0.25) is 11.8 Å². The lowest BCUT2D eigenvalue weighted by Gasteiger charge is -2.41. The van der Waals surface area contributed by atoms with Gasteiger partial charge >= 0.3 is 0 Å². The summed E-state index contributed by atoms with van der Waals surface area (Å²) in [6.07, 6.45) is 1.73. The van der Waals surface area contributed by atoms with Gasteiger partial charge in [0.05, 0.1) is 24.3 Å². The number of carbonyl (C=O) groups is 3. The van der Waals surface area contributed by atoms with E-state index in [0.29, 0.717) is 56.5 Å². The van der Waals surface area contributed by atoms with Gasteiger partial charge in [0.1, 0.15) is 23.5 Å². The molecule has 2 aliphatic rings. The first kappa shape index (κ1) is 25.5. The van der Waals surface area contributed by atoms with Crippen LogP contribution in [0.1, 0.15) is 54.2 Å². The summed E-state index contributed by atoms with van der Waals surface area (Å²) < 4.78 is 11.3.